The molecular formula is C17H16N2O2. The van der Waals surface area contributed by atoms with Gasteiger partial charge in [-0.1, -0.05) is 30.4 Å². The van der Waals surface area contributed by atoms with Crippen LogP contribution in [-0.4, -0.2) is 17.7 Å². The molecule has 0 radical (unpaired) electrons. The number of rotatable bonds is 1. The molecule has 0 saturated heterocycles. The third-order valence-corrected chi connectivity index (χ3v) is 3.41. The van der Waals surface area contributed by atoms with Gasteiger partial charge in [0.1, 0.15) is 5.75 Å². The zero-order valence-corrected chi connectivity index (χ0v) is 11.5. The fraction of sp³-hybridized carbons (Fsp3) is 0.118. The summed E-state index contributed by atoms with van der Waals surface area (Å²) in [5.41, 5.74) is 2.60. The van der Waals surface area contributed by atoms with Crippen LogP contribution in [0.1, 0.15) is 12.0 Å². The monoisotopic (exact) mass is 280 g/mol. The van der Waals surface area contributed by atoms with E-state index < -0.39 is 0 Å². The van der Waals surface area contributed by atoms with E-state index in [1.807, 2.05) is 30.3 Å². The van der Waals surface area contributed by atoms with Crippen LogP contribution in [0.25, 0.3) is 6.08 Å². The zero-order chi connectivity index (χ0) is 14.7. The van der Waals surface area contributed by atoms with Gasteiger partial charge in [-0.25, -0.2) is 4.79 Å². The number of fused-ring (bicyclic) bond motifs is 1. The van der Waals surface area contributed by atoms with E-state index in [0.29, 0.717) is 12.2 Å². The number of nitrogens with one attached hydrogen (secondary N) is 1. The molecule has 0 atom stereocenters. The highest BCUT2D eigenvalue weighted by Gasteiger charge is 2.18. The van der Waals surface area contributed by atoms with Crippen LogP contribution >= 0.6 is 0 Å². The van der Waals surface area contributed by atoms with Gasteiger partial charge in [0, 0.05) is 12.2 Å². The van der Waals surface area contributed by atoms with E-state index in [-0.39, 0.29) is 11.8 Å². The van der Waals surface area contributed by atoms with Gasteiger partial charge < -0.3 is 10.4 Å². The van der Waals surface area contributed by atoms with Crippen LogP contribution in [-0.2, 0) is 0 Å². The van der Waals surface area contributed by atoms with Gasteiger partial charge >= 0.3 is 6.03 Å². The smallest absolute Gasteiger partial charge is 0.326 e. The van der Waals surface area contributed by atoms with Gasteiger partial charge in [-0.15, -0.1) is 0 Å². The van der Waals surface area contributed by atoms with Crippen LogP contribution in [0.5, 0.6) is 5.75 Å². The molecular weight excluding hydrogens is 264 g/mol. The lowest BCUT2D eigenvalue weighted by molar-refractivity contribution is 0.257. The van der Waals surface area contributed by atoms with Crippen LogP contribution in [0.2, 0.25) is 0 Å². The Kier molecular flexibility index (Phi) is 3.60. The second-order valence-electron chi connectivity index (χ2n) is 4.88. The molecule has 21 heavy (non-hydrogen) atoms. The van der Waals surface area contributed by atoms with Crippen molar-refractivity contribution < 1.29 is 9.90 Å². The number of hydrogen-bond donors (Lipinski definition) is 2. The first-order valence-corrected chi connectivity index (χ1v) is 6.87. The first-order valence-electron chi connectivity index (χ1n) is 6.87. The van der Waals surface area contributed by atoms with E-state index in [2.05, 4.69) is 11.4 Å². The fourth-order valence-electron chi connectivity index (χ4n) is 2.36. The summed E-state index contributed by atoms with van der Waals surface area (Å²) >= 11 is 0. The standard InChI is InChI=1S/C17H16N2O2/c20-15-10-8-14(9-11-15)18-17(21)19-12-4-3-6-13-5-1-2-7-16(13)19/h1-3,5-11,20H,4,12H2,(H,18,21). The topological polar surface area (TPSA) is 52.6 Å². The van der Waals surface area contributed by atoms with Gasteiger partial charge in [-0.2, -0.15) is 0 Å². The van der Waals surface area contributed by atoms with E-state index in [0.717, 1.165) is 17.7 Å². The van der Waals surface area contributed by atoms with Crippen molar-refractivity contribution in [2.75, 3.05) is 16.8 Å². The Labute approximate surface area is 123 Å². The normalized spacial score (nSPS) is 13.4. The summed E-state index contributed by atoms with van der Waals surface area (Å²) in [7, 11) is 0. The van der Waals surface area contributed by atoms with Crippen molar-refractivity contribution in [1.82, 2.24) is 0 Å². The van der Waals surface area contributed by atoms with Crippen molar-refractivity contribution in [1.29, 1.82) is 0 Å². The number of urea groups is 1. The van der Waals surface area contributed by atoms with Crippen LogP contribution in [0.15, 0.2) is 54.6 Å². The lowest BCUT2D eigenvalue weighted by Gasteiger charge is -2.23. The van der Waals surface area contributed by atoms with Gasteiger partial charge in [0.25, 0.3) is 0 Å². The minimum absolute atomic E-state index is 0.170. The molecule has 0 spiro atoms. The average Bonchev–Trinajstić information content (AvgIpc) is 2.72. The number of para-hydroxylation sites is 1. The molecule has 1 heterocycles. The lowest BCUT2D eigenvalue weighted by Crippen LogP contribution is -2.35. The summed E-state index contributed by atoms with van der Waals surface area (Å²) in [5, 5.41) is 12.1. The first kappa shape index (κ1) is 13.2. The number of anilines is 2. The number of carbonyl (C=O) groups excluding carboxylic acids is 1. The molecule has 2 aromatic carbocycles. The van der Waals surface area contributed by atoms with Gasteiger partial charge in [-0.3, -0.25) is 4.90 Å². The number of amides is 2. The molecule has 3 rings (SSSR count). The van der Waals surface area contributed by atoms with E-state index >= 15 is 0 Å². The maximum Gasteiger partial charge on any atom is 0.326 e. The molecule has 4 heteroatoms. The fourth-order valence-corrected chi connectivity index (χ4v) is 2.36. The van der Waals surface area contributed by atoms with Crippen LogP contribution in [0, 0.1) is 0 Å². The summed E-state index contributed by atoms with van der Waals surface area (Å²) in [6.45, 7) is 0.636. The van der Waals surface area contributed by atoms with Crippen molar-refractivity contribution >= 4 is 23.5 Å². The van der Waals surface area contributed by atoms with Crippen molar-refractivity contribution in [2.24, 2.45) is 0 Å². The minimum Gasteiger partial charge on any atom is -0.508 e. The highest BCUT2D eigenvalue weighted by molar-refractivity contribution is 6.03. The Morgan fingerprint density at radius 2 is 1.86 bits per heavy atom. The van der Waals surface area contributed by atoms with Crippen LogP contribution < -0.4 is 10.2 Å². The van der Waals surface area contributed by atoms with Crippen LogP contribution in [0.3, 0.4) is 0 Å². The Hall–Kier alpha value is -2.75. The number of carbonyl (C=O) groups is 1. The molecule has 2 amide bonds. The quantitative estimate of drug-likeness (QED) is 0.780. The highest BCUT2D eigenvalue weighted by atomic mass is 16.3. The number of hydrogen-bond acceptors (Lipinski definition) is 2. The Morgan fingerprint density at radius 1 is 1.10 bits per heavy atom. The summed E-state index contributed by atoms with van der Waals surface area (Å²) < 4.78 is 0. The zero-order valence-electron chi connectivity index (χ0n) is 11.5. The molecule has 2 aromatic rings. The molecule has 1 aliphatic heterocycles. The van der Waals surface area contributed by atoms with E-state index in [4.69, 9.17) is 0 Å². The molecule has 2 N–H and O–H groups in total. The molecule has 1 aliphatic rings. The van der Waals surface area contributed by atoms with Crippen molar-refractivity contribution in [2.45, 2.75) is 6.42 Å². The number of benzene rings is 2. The maximum absolute atomic E-state index is 12.5. The number of phenolic OH excluding ortho intramolecular Hbond substituents is 1. The Morgan fingerprint density at radius 3 is 2.67 bits per heavy atom. The third kappa shape index (κ3) is 2.89. The third-order valence-electron chi connectivity index (χ3n) is 3.41. The second kappa shape index (κ2) is 5.71. The SMILES string of the molecule is O=C(Nc1ccc(O)cc1)N1CCC=Cc2ccccc21. The largest absolute Gasteiger partial charge is 0.508 e. The number of phenols is 1. The van der Waals surface area contributed by atoms with Crippen molar-refractivity contribution in [3.8, 4) is 5.75 Å². The van der Waals surface area contributed by atoms with Gasteiger partial charge in [-0.05, 0) is 42.3 Å². The summed E-state index contributed by atoms with van der Waals surface area (Å²) in [4.78, 5) is 14.2. The molecule has 0 bridgehead atoms. The van der Waals surface area contributed by atoms with E-state index in [1.165, 1.54) is 0 Å². The average molecular weight is 280 g/mol. The first-order chi connectivity index (χ1) is 10.2. The summed E-state index contributed by atoms with van der Waals surface area (Å²) in [6, 6.07) is 14.1. The number of nitrogens with zero attached hydrogens (tertiary/aromatic N) is 1. The predicted molar refractivity (Wildman–Crippen MR) is 84.6 cm³/mol. The van der Waals surface area contributed by atoms with Gasteiger partial charge in [0.2, 0.25) is 0 Å². The lowest BCUT2D eigenvalue weighted by atomic mass is 10.1. The van der Waals surface area contributed by atoms with Gasteiger partial charge in [0.05, 0.1) is 5.69 Å². The summed E-state index contributed by atoms with van der Waals surface area (Å²) in [6.07, 6.45) is 4.94. The molecule has 0 fully saturated rings. The Balaban J connectivity index is 1.83. The summed E-state index contributed by atoms with van der Waals surface area (Å²) in [5.74, 6) is 0.178. The highest BCUT2D eigenvalue weighted by Crippen LogP contribution is 2.26. The molecule has 106 valence electrons. The Bertz CT molecular complexity index is 677. The minimum atomic E-state index is -0.170. The number of aromatic hydroxyl groups is 1. The van der Waals surface area contributed by atoms with Crippen LogP contribution in [0.4, 0.5) is 16.2 Å². The van der Waals surface area contributed by atoms with Crippen molar-refractivity contribution in [3.63, 3.8) is 0 Å². The molecule has 0 unspecified atom stereocenters. The second-order valence-corrected chi connectivity index (χ2v) is 4.88. The predicted octanol–water partition coefficient (Wildman–Crippen LogP) is 3.85. The maximum atomic E-state index is 12.5. The van der Waals surface area contributed by atoms with E-state index in [9.17, 15) is 9.90 Å². The molecule has 0 aliphatic carbocycles. The molecule has 0 saturated carbocycles. The molecule has 0 aromatic heterocycles. The van der Waals surface area contributed by atoms with E-state index in [1.54, 1.807) is 29.2 Å². The van der Waals surface area contributed by atoms with Crippen molar-refractivity contribution in [3.05, 3.63) is 60.2 Å². The molecule has 4 nitrogen and oxygen atoms in total. The van der Waals surface area contributed by atoms with Gasteiger partial charge in [0.15, 0.2) is 0 Å².